The zero-order chi connectivity index (χ0) is 32.2. The molecule has 0 aliphatic heterocycles. The van der Waals surface area contributed by atoms with Crippen molar-refractivity contribution in [2.45, 2.75) is 0 Å². The Morgan fingerprint density at radius 2 is 0.955 bits per heavy atom. The van der Waals surface area contributed by atoms with E-state index >= 15 is 0 Å². The number of hydrogen-bond acceptors (Lipinski definition) is 8. The third-order valence-electron chi connectivity index (χ3n) is 6.01. The van der Waals surface area contributed by atoms with Crippen molar-refractivity contribution in [3.8, 4) is 11.5 Å². The van der Waals surface area contributed by atoms with Gasteiger partial charge in [-0.1, -0.05) is 31.9 Å². The number of anilines is 2. The number of halogens is 2. The van der Waals surface area contributed by atoms with Crippen molar-refractivity contribution in [2.24, 2.45) is 10.2 Å². The second-order valence-corrected chi connectivity index (χ2v) is 11.5. The molecule has 4 aromatic carbocycles. The van der Waals surface area contributed by atoms with Gasteiger partial charge in [0.1, 0.15) is 11.5 Å². The maximum absolute atomic E-state index is 12.0. The van der Waals surface area contributed by atoms with Crippen molar-refractivity contribution in [1.29, 1.82) is 0 Å². The van der Waals surface area contributed by atoms with Gasteiger partial charge in [0.15, 0.2) is 0 Å². The maximum Gasteiger partial charge on any atom is 0.271 e. The van der Waals surface area contributed by atoms with Gasteiger partial charge in [0, 0.05) is 70.8 Å². The van der Waals surface area contributed by atoms with E-state index in [0.29, 0.717) is 22.3 Å². The SMILES string of the molecule is CN(C)c1ccc(C(=O)N/N=C/c2cc(Br)ccc2O)cc1.CN(C)c1ccc(C(=O)N/N=C/c2cc(Br)ccc2O)cc1. The van der Waals surface area contributed by atoms with Gasteiger partial charge in [-0.15, -0.1) is 0 Å². The Bertz CT molecular complexity index is 1520. The molecule has 4 rings (SSSR count). The lowest BCUT2D eigenvalue weighted by Gasteiger charge is -2.12. The van der Waals surface area contributed by atoms with Crippen LogP contribution in [0.4, 0.5) is 11.4 Å². The molecule has 0 atom stereocenters. The first-order valence-corrected chi connectivity index (χ1v) is 14.7. The van der Waals surface area contributed by atoms with Crippen molar-refractivity contribution in [3.05, 3.63) is 116 Å². The summed E-state index contributed by atoms with van der Waals surface area (Å²) in [5.41, 5.74) is 8.95. The van der Waals surface area contributed by atoms with Gasteiger partial charge in [0.05, 0.1) is 12.4 Å². The minimum absolute atomic E-state index is 0.0940. The number of nitrogens with one attached hydrogen (secondary N) is 2. The summed E-state index contributed by atoms with van der Waals surface area (Å²) in [6, 6.07) is 24.3. The zero-order valence-electron chi connectivity index (χ0n) is 24.5. The molecule has 0 spiro atoms. The van der Waals surface area contributed by atoms with Crippen LogP contribution in [0, 0.1) is 0 Å². The van der Waals surface area contributed by atoms with Gasteiger partial charge in [-0.3, -0.25) is 9.59 Å². The van der Waals surface area contributed by atoms with E-state index < -0.39 is 0 Å². The lowest BCUT2D eigenvalue weighted by atomic mass is 10.2. The summed E-state index contributed by atoms with van der Waals surface area (Å²) in [5, 5.41) is 27.1. The van der Waals surface area contributed by atoms with Crippen LogP contribution in [0.1, 0.15) is 31.8 Å². The molecule has 0 fully saturated rings. The van der Waals surface area contributed by atoms with Crippen LogP contribution < -0.4 is 20.7 Å². The Balaban J connectivity index is 0.000000240. The summed E-state index contributed by atoms with van der Waals surface area (Å²) in [6.45, 7) is 0. The highest BCUT2D eigenvalue weighted by molar-refractivity contribution is 9.10. The molecule has 4 aromatic rings. The van der Waals surface area contributed by atoms with E-state index in [1.54, 1.807) is 60.7 Å². The number of phenols is 2. The van der Waals surface area contributed by atoms with E-state index in [9.17, 15) is 19.8 Å². The van der Waals surface area contributed by atoms with Gasteiger partial charge >= 0.3 is 0 Å². The van der Waals surface area contributed by atoms with E-state index in [-0.39, 0.29) is 23.3 Å². The van der Waals surface area contributed by atoms with E-state index in [1.165, 1.54) is 12.4 Å². The first-order valence-electron chi connectivity index (χ1n) is 13.1. The Morgan fingerprint density at radius 3 is 1.27 bits per heavy atom. The lowest BCUT2D eigenvalue weighted by molar-refractivity contribution is 0.0947. The number of nitrogens with zero attached hydrogens (tertiary/aromatic N) is 4. The molecule has 0 heterocycles. The zero-order valence-corrected chi connectivity index (χ0v) is 27.7. The van der Waals surface area contributed by atoms with E-state index in [2.05, 4.69) is 52.9 Å². The molecule has 0 aliphatic rings. The molecule has 10 nitrogen and oxygen atoms in total. The van der Waals surface area contributed by atoms with Crippen LogP contribution in [0.3, 0.4) is 0 Å². The fraction of sp³-hybridized carbons (Fsp3) is 0.125. The molecule has 4 N–H and O–H groups in total. The number of benzene rings is 4. The molecule has 0 radical (unpaired) electrons. The predicted octanol–water partition coefficient (Wildman–Crippen LogP) is 5.97. The van der Waals surface area contributed by atoms with Crippen LogP contribution in [-0.4, -0.2) is 62.6 Å². The molecule has 12 heteroatoms. The van der Waals surface area contributed by atoms with Crippen LogP contribution in [-0.2, 0) is 0 Å². The van der Waals surface area contributed by atoms with Gasteiger partial charge in [-0.2, -0.15) is 10.2 Å². The molecule has 0 aromatic heterocycles. The predicted molar refractivity (Wildman–Crippen MR) is 183 cm³/mol. The molecule has 44 heavy (non-hydrogen) atoms. The smallest absolute Gasteiger partial charge is 0.271 e. The molecule has 0 saturated carbocycles. The molecule has 2 amide bonds. The summed E-state index contributed by atoms with van der Waals surface area (Å²) < 4.78 is 1.63. The summed E-state index contributed by atoms with van der Waals surface area (Å²) >= 11 is 6.62. The molecule has 0 unspecified atom stereocenters. The minimum Gasteiger partial charge on any atom is -0.507 e. The monoisotopic (exact) mass is 722 g/mol. The highest BCUT2D eigenvalue weighted by Crippen LogP contribution is 2.21. The third kappa shape index (κ3) is 10.2. The Morgan fingerprint density at radius 1 is 0.614 bits per heavy atom. The number of carbonyl (C=O) groups excluding carboxylic acids is 2. The van der Waals surface area contributed by atoms with Crippen molar-refractivity contribution in [1.82, 2.24) is 10.9 Å². The Kier molecular flexibility index (Phi) is 12.5. The number of carbonyl (C=O) groups is 2. The molecular weight excluding hydrogens is 692 g/mol. The molecule has 228 valence electrons. The van der Waals surface area contributed by atoms with Gasteiger partial charge < -0.3 is 20.0 Å². The van der Waals surface area contributed by atoms with E-state index in [4.69, 9.17) is 0 Å². The highest BCUT2D eigenvalue weighted by atomic mass is 79.9. The van der Waals surface area contributed by atoms with E-state index in [1.807, 2.05) is 62.3 Å². The lowest BCUT2D eigenvalue weighted by Crippen LogP contribution is -2.18. The third-order valence-corrected chi connectivity index (χ3v) is 7.00. The molecular formula is C32H32Br2N6O4. The topological polar surface area (TPSA) is 130 Å². The van der Waals surface area contributed by atoms with Gasteiger partial charge in [0.2, 0.25) is 0 Å². The molecule has 0 bridgehead atoms. The fourth-order valence-electron chi connectivity index (χ4n) is 3.53. The molecule has 0 aliphatic carbocycles. The Hall–Kier alpha value is -4.68. The average Bonchev–Trinajstić information content (AvgIpc) is 3.01. The Labute approximate surface area is 273 Å². The summed E-state index contributed by atoms with van der Waals surface area (Å²) in [5.74, 6) is -0.430. The van der Waals surface area contributed by atoms with Crippen molar-refractivity contribution >= 4 is 67.5 Å². The number of amides is 2. The number of hydrazone groups is 2. The summed E-state index contributed by atoms with van der Waals surface area (Å²) in [7, 11) is 7.74. The standard InChI is InChI=1S/2C16H16BrN3O2/c2*1-20(2)14-6-3-11(4-7-14)16(22)19-18-10-12-9-13(17)5-8-15(12)21/h2*3-10,21H,1-2H3,(H,19,22)/b2*18-10+. The highest BCUT2D eigenvalue weighted by Gasteiger charge is 2.06. The fourth-order valence-corrected chi connectivity index (χ4v) is 4.29. The van der Waals surface area contributed by atoms with Crippen LogP contribution in [0.5, 0.6) is 11.5 Å². The minimum atomic E-state index is -0.309. The second-order valence-electron chi connectivity index (χ2n) is 9.69. The largest absolute Gasteiger partial charge is 0.507 e. The van der Waals surface area contributed by atoms with Crippen LogP contribution in [0.2, 0.25) is 0 Å². The summed E-state index contributed by atoms with van der Waals surface area (Å²) in [4.78, 5) is 27.8. The van der Waals surface area contributed by atoms with Gasteiger partial charge in [0.25, 0.3) is 11.8 Å². The maximum atomic E-state index is 12.0. The summed E-state index contributed by atoms with van der Waals surface area (Å²) in [6.07, 6.45) is 2.79. The number of hydrogen-bond donors (Lipinski definition) is 4. The van der Waals surface area contributed by atoms with Crippen molar-refractivity contribution in [3.63, 3.8) is 0 Å². The number of aromatic hydroxyl groups is 2. The average molecular weight is 724 g/mol. The van der Waals surface area contributed by atoms with Crippen molar-refractivity contribution in [2.75, 3.05) is 38.0 Å². The first-order chi connectivity index (χ1) is 20.9. The van der Waals surface area contributed by atoms with Crippen LogP contribution in [0.15, 0.2) is 104 Å². The number of phenolic OH excluding ortho intramolecular Hbond substituents is 2. The van der Waals surface area contributed by atoms with Crippen molar-refractivity contribution < 1.29 is 19.8 Å². The van der Waals surface area contributed by atoms with Crippen LogP contribution >= 0.6 is 31.9 Å². The quantitative estimate of drug-likeness (QED) is 0.131. The van der Waals surface area contributed by atoms with Gasteiger partial charge in [-0.05, 0) is 84.9 Å². The second kappa shape index (κ2) is 16.2. The molecule has 0 saturated heterocycles. The first kappa shape index (κ1) is 33.8. The van der Waals surface area contributed by atoms with Gasteiger partial charge in [-0.25, -0.2) is 10.9 Å². The normalized spacial score (nSPS) is 10.7. The number of rotatable bonds is 8. The van der Waals surface area contributed by atoms with Crippen LogP contribution in [0.25, 0.3) is 0 Å². The van der Waals surface area contributed by atoms with E-state index in [0.717, 1.165) is 20.3 Å².